The summed E-state index contributed by atoms with van der Waals surface area (Å²) in [4.78, 5) is 15.1. The smallest absolute Gasteiger partial charge is 0.436 e. The van der Waals surface area contributed by atoms with Gasteiger partial charge in [-0.1, -0.05) is 6.07 Å². The second-order valence-corrected chi connectivity index (χ2v) is 11.1. The molecule has 1 aromatic heterocycles. The molecule has 11 heteroatoms. The largest absolute Gasteiger partial charge is 0.608 e. The van der Waals surface area contributed by atoms with Crippen LogP contribution in [0.25, 0.3) is 0 Å². The van der Waals surface area contributed by atoms with Crippen LogP contribution in [0.4, 0.5) is 16.2 Å². The molecule has 5 rings (SSSR count). The molecule has 1 aliphatic heterocycles. The number of carbonyl (C=O) groups excluding carboxylic acids is 1. The Morgan fingerprint density at radius 3 is 2.39 bits per heavy atom. The van der Waals surface area contributed by atoms with E-state index in [1.54, 1.807) is 13.2 Å². The van der Waals surface area contributed by atoms with Crippen LogP contribution in [0.2, 0.25) is 0 Å². The lowest BCUT2D eigenvalue weighted by molar-refractivity contribution is -0.604. The quantitative estimate of drug-likeness (QED) is 0.598. The number of hydrogen-bond donors (Lipinski definition) is 2. The molecule has 33 heavy (non-hydrogen) atoms. The molecule has 2 unspecified atom stereocenters. The Hall–Kier alpha value is -2.47. The molecule has 0 radical (unpaired) electrons. The fourth-order valence-electron chi connectivity index (χ4n) is 5.22. The number of amides is 2. The second-order valence-electron chi connectivity index (χ2n) is 9.31. The molecule has 2 N–H and O–H groups in total. The van der Waals surface area contributed by atoms with E-state index in [1.165, 1.54) is 22.0 Å². The first-order chi connectivity index (χ1) is 15.8. The molecular weight excluding hydrogens is 444 g/mol. The van der Waals surface area contributed by atoms with Crippen LogP contribution in [0.1, 0.15) is 41.5 Å². The zero-order valence-corrected chi connectivity index (χ0v) is 19.8. The Bertz CT molecular complexity index is 1160. The summed E-state index contributed by atoms with van der Waals surface area (Å²) in [5.74, 6) is 0. The number of nitrogens with zero attached hydrogens (tertiary/aromatic N) is 4. The van der Waals surface area contributed by atoms with E-state index in [1.807, 2.05) is 11.9 Å². The van der Waals surface area contributed by atoms with Crippen molar-refractivity contribution in [2.24, 2.45) is 7.05 Å². The molecular formula is C22H30N6O4S. The number of fused-ring (bicyclic) bond motifs is 2. The van der Waals surface area contributed by atoms with Gasteiger partial charge in [-0.2, -0.15) is 18.0 Å². The highest BCUT2D eigenvalue weighted by atomic mass is 32.2. The van der Waals surface area contributed by atoms with Crippen molar-refractivity contribution in [2.75, 3.05) is 29.8 Å². The molecule has 3 aliphatic rings. The first kappa shape index (κ1) is 22.3. The van der Waals surface area contributed by atoms with E-state index in [-0.39, 0.29) is 18.3 Å². The Balaban J connectivity index is 1.43. The molecule has 10 nitrogen and oxygen atoms in total. The van der Waals surface area contributed by atoms with Crippen molar-refractivity contribution < 1.29 is 17.7 Å². The third kappa shape index (κ3) is 3.92. The Morgan fingerprint density at radius 2 is 1.88 bits per heavy atom. The molecule has 2 amide bonds. The predicted molar refractivity (Wildman–Crippen MR) is 124 cm³/mol. The molecule has 2 aliphatic carbocycles. The van der Waals surface area contributed by atoms with Crippen molar-refractivity contribution in [1.29, 1.82) is 0 Å². The molecule has 2 heterocycles. The average Bonchev–Trinajstić information content (AvgIpc) is 3.52. The van der Waals surface area contributed by atoms with E-state index in [9.17, 15) is 18.4 Å². The van der Waals surface area contributed by atoms with E-state index in [0.717, 1.165) is 66.9 Å². The number of hydrogen-bond acceptors (Lipinski definition) is 6. The van der Waals surface area contributed by atoms with Gasteiger partial charge in [-0.15, -0.1) is 0 Å². The second kappa shape index (κ2) is 8.39. The number of quaternary nitrogens is 1. The van der Waals surface area contributed by atoms with Crippen molar-refractivity contribution in [2.45, 2.75) is 51.0 Å². The normalized spacial score (nSPS) is 20.8. The van der Waals surface area contributed by atoms with Crippen LogP contribution in [-0.2, 0) is 42.9 Å². The van der Waals surface area contributed by atoms with Gasteiger partial charge in [-0.25, -0.2) is 9.10 Å². The number of rotatable bonds is 6. The maximum Gasteiger partial charge on any atom is 0.436 e. The van der Waals surface area contributed by atoms with Gasteiger partial charge in [0, 0.05) is 19.3 Å². The molecule has 1 saturated heterocycles. The minimum atomic E-state index is -4.58. The SMILES string of the molecule is CN1CCC1CN(c1cnn(C)c1)S(=O)(=O)[NH+]([O-])C(=O)Nc1c2c(cc3c1CCC3)CCC2. The molecule has 0 saturated carbocycles. The standard InChI is InChI=1S/C22H30N6O4S/c1-25-10-9-17(25)14-27(18-12-23-26(2)13-18)33(31,32)28(30)22(29)24-21-19-7-3-5-15(19)11-16-6-4-8-20(16)21/h11-13,17,28H,3-10,14H2,1-2H3,(H,24,29). The fraction of sp³-hybridized carbons (Fsp3) is 0.545. The predicted octanol–water partition coefficient (Wildman–Crippen LogP) is 0.768. The average molecular weight is 475 g/mol. The highest BCUT2D eigenvalue weighted by molar-refractivity contribution is 7.86. The minimum Gasteiger partial charge on any atom is -0.608 e. The number of aryl methyl sites for hydroxylation is 3. The van der Waals surface area contributed by atoms with Gasteiger partial charge in [0.2, 0.25) is 0 Å². The van der Waals surface area contributed by atoms with Crippen LogP contribution < -0.4 is 14.1 Å². The lowest BCUT2D eigenvalue weighted by Crippen LogP contribution is -3.14. The molecule has 2 aromatic rings. The van der Waals surface area contributed by atoms with Crippen molar-refractivity contribution >= 4 is 27.6 Å². The summed E-state index contributed by atoms with van der Waals surface area (Å²) in [6.45, 7) is 0.962. The number of anilines is 2. The maximum absolute atomic E-state index is 13.4. The summed E-state index contributed by atoms with van der Waals surface area (Å²) in [6.07, 6.45) is 9.31. The summed E-state index contributed by atoms with van der Waals surface area (Å²) < 4.78 is 27.8. The number of urea groups is 1. The maximum atomic E-state index is 13.4. The molecule has 1 fully saturated rings. The van der Waals surface area contributed by atoms with Gasteiger partial charge in [0.15, 0.2) is 0 Å². The minimum absolute atomic E-state index is 0.0171. The van der Waals surface area contributed by atoms with E-state index in [2.05, 4.69) is 16.5 Å². The Morgan fingerprint density at radius 1 is 1.21 bits per heavy atom. The Labute approximate surface area is 193 Å². The van der Waals surface area contributed by atoms with Crippen molar-refractivity contribution in [3.63, 3.8) is 0 Å². The van der Waals surface area contributed by atoms with Gasteiger partial charge >= 0.3 is 16.2 Å². The van der Waals surface area contributed by atoms with Crippen molar-refractivity contribution in [3.8, 4) is 0 Å². The van der Waals surface area contributed by atoms with Gasteiger partial charge < -0.3 is 10.1 Å². The van der Waals surface area contributed by atoms with Crippen molar-refractivity contribution in [1.82, 2.24) is 14.7 Å². The third-order valence-corrected chi connectivity index (χ3v) is 8.81. The zero-order chi connectivity index (χ0) is 23.3. The number of hydroxylamine groups is 1. The van der Waals surface area contributed by atoms with Crippen LogP contribution >= 0.6 is 0 Å². The van der Waals surface area contributed by atoms with E-state index in [0.29, 0.717) is 5.69 Å². The van der Waals surface area contributed by atoms with Gasteiger partial charge in [0.1, 0.15) is 0 Å². The van der Waals surface area contributed by atoms with E-state index < -0.39 is 20.7 Å². The monoisotopic (exact) mass is 474 g/mol. The molecule has 178 valence electrons. The molecule has 0 spiro atoms. The lowest BCUT2D eigenvalue weighted by atomic mass is 9.99. The van der Waals surface area contributed by atoms with E-state index >= 15 is 0 Å². The summed E-state index contributed by atoms with van der Waals surface area (Å²) in [6, 6.07) is 1.11. The topological polar surface area (TPSA) is 115 Å². The molecule has 2 atom stereocenters. The summed E-state index contributed by atoms with van der Waals surface area (Å²) in [5.41, 5.74) is 5.44. The van der Waals surface area contributed by atoms with Gasteiger partial charge in [0.25, 0.3) is 0 Å². The number of benzene rings is 1. The van der Waals surface area contributed by atoms with Crippen LogP contribution in [0.15, 0.2) is 18.5 Å². The molecule has 0 bridgehead atoms. The van der Waals surface area contributed by atoms with Crippen LogP contribution in [0.5, 0.6) is 0 Å². The van der Waals surface area contributed by atoms with Crippen LogP contribution in [-0.4, -0.2) is 55.3 Å². The lowest BCUT2D eigenvalue weighted by Gasteiger charge is -2.40. The van der Waals surface area contributed by atoms with Crippen molar-refractivity contribution in [3.05, 3.63) is 45.9 Å². The third-order valence-electron chi connectivity index (χ3n) is 7.22. The Kier molecular flexibility index (Phi) is 5.68. The fourth-order valence-corrected chi connectivity index (χ4v) is 6.45. The van der Waals surface area contributed by atoms with Gasteiger partial charge in [-0.3, -0.25) is 10.00 Å². The number of carbonyl (C=O) groups is 1. The number of aromatic nitrogens is 2. The summed E-state index contributed by atoms with van der Waals surface area (Å²) in [7, 11) is -0.995. The van der Waals surface area contributed by atoms with E-state index in [4.69, 9.17) is 0 Å². The first-order valence-corrected chi connectivity index (χ1v) is 12.9. The number of nitrogens with one attached hydrogen (secondary N) is 2. The molecule has 1 aromatic carbocycles. The number of likely N-dealkylation sites (tertiary alicyclic amines) is 1. The summed E-state index contributed by atoms with van der Waals surface area (Å²) in [5, 5.41) is 19.9. The first-order valence-electron chi connectivity index (χ1n) is 11.5. The van der Waals surface area contributed by atoms with Gasteiger partial charge in [-0.05, 0) is 80.8 Å². The number of likely N-dealkylation sites (N-methyl/N-ethyl adjacent to an activating group) is 1. The summed E-state index contributed by atoms with van der Waals surface area (Å²) >= 11 is 0. The zero-order valence-electron chi connectivity index (χ0n) is 19.0. The highest BCUT2D eigenvalue weighted by Crippen LogP contribution is 2.38. The van der Waals surface area contributed by atoms with Crippen LogP contribution in [0, 0.1) is 5.21 Å². The highest BCUT2D eigenvalue weighted by Gasteiger charge is 2.39. The van der Waals surface area contributed by atoms with Crippen LogP contribution in [0.3, 0.4) is 0 Å². The van der Waals surface area contributed by atoms with Gasteiger partial charge in [0.05, 0.1) is 24.1 Å².